The van der Waals surface area contributed by atoms with E-state index in [1.54, 1.807) is 0 Å². The van der Waals surface area contributed by atoms with Gasteiger partial charge in [-0.1, -0.05) is 12.0 Å². The van der Waals surface area contributed by atoms with Crippen LogP contribution in [0.15, 0.2) is 42.6 Å². The maximum absolute atomic E-state index is 14.5. The molecule has 216 valence electrons. The Balaban J connectivity index is 1.94. The van der Waals surface area contributed by atoms with Crippen LogP contribution in [0.4, 0.5) is 40.8 Å². The van der Waals surface area contributed by atoms with Crippen molar-refractivity contribution in [3.63, 3.8) is 0 Å². The van der Waals surface area contributed by atoms with Crippen molar-refractivity contribution in [1.29, 1.82) is 0 Å². The number of anilines is 1. The SMILES string of the molecule is C#Cc1cc(CNC(=O)C=Cc2ccc(C(F)(F)F)nc2-c2c(C(F)(F)F)ccnc2F)cc(F)c1NS(C)(=O)=O. The molecule has 0 aliphatic rings. The molecule has 0 bridgehead atoms. The van der Waals surface area contributed by atoms with Gasteiger partial charge in [-0.15, -0.1) is 6.42 Å². The van der Waals surface area contributed by atoms with Crippen molar-refractivity contribution in [2.45, 2.75) is 18.9 Å². The Kier molecular flexibility index (Phi) is 8.72. The molecular formula is C25H16F8N4O3S. The number of rotatable bonds is 7. The van der Waals surface area contributed by atoms with E-state index in [4.69, 9.17) is 6.42 Å². The Morgan fingerprint density at radius 3 is 2.34 bits per heavy atom. The van der Waals surface area contributed by atoms with Crippen LogP contribution in [0.25, 0.3) is 17.3 Å². The van der Waals surface area contributed by atoms with Gasteiger partial charge in [0, 0.05) is 24.4 Å². The molecule has 16 heteroatoms. The summed E-state index contributed by atoms with van der Waals surface area (Å²) >= 11 is 0. The first-order valence-electron chi connectivity index (χ1n) is 10.9. The minimum Gasteiger partial charge on any atom is -0.348 e. The third-order valence-corrected chi connectivity index (χ3v) is 5.71. The molecule has 3 rings (SSSR count). The first-order valence-corrected chi connectivity index (χ1v) is 12.8. The monoisotopic (exact) mass is 604 g/mol. The first-order chi connectivity index (χ1) is 18.9. The Hall–Kier alpha value is -4.52. The third-order valence-electron chi connectivity index (χ3n) is 5.14. The van der Waals surface area contributed by atoms with Crippen molar-refractivity contribution < 1.29 is 48.3 Å². The van der Waals surface area contributed by atoms with E-state index in [-0.39, 0.29) is 17.7 Å². The molecule has 0 aliphatic carbocycles. The number of terminal acetylenes is 1. The summed E-state index contributed by atoms with van der Waals surface area (Å²) in [7, 11) is -3.87. The van der Waals surface area contributed by atoms with Gasteiger partial charge >= 0.3 is 12.4 Å². The van der Waals surface area contributed by atoms with Crippen molar-refractivity contribution >= 4 is 27.7 Å². The molecule has 0 spiro atoms. The van der Waals surface area contributed by atoms with Gasteiger partial charge in [-0.05, 0) is 35.9 Å². The predicted molar refractivity (Wildman–Crippen MR) is 131 cm³/mol. The number of hydrogen-bond donors (Lipinski definition) is 2. The minimum absolute atomic E-state index is 0.0837. The second-order valence-corrected chi connectivity index (χ2v) is 9.97. The number of carbonyl (C=O) groups excluding carboxylic acids is 1. The fraction of sp³-hybridized carbons (Fsp3) is 0.160. The molecule has 3 aromatic rings. The average molecular weight is 604 g/mol. The van der Waals surface area contributed by atoms with Gasteiger partial charge in [-0.2, -0.15) is 30.7 Å². The molecule has 2 aromatic heterocycles. The Labute approximate surface area is 227 Å². The summed E-state index contributed by atoms with van der Waals surface area (Å²) < 4.78 is 134. The number of hydrogen-bond acceptors (Lipinski definition) is 5. The van der Waals surface area contributed by atoms with E-state index in [0.717, 1.165) is 18.4 Å². The molecule has 41 heavy (non-hydrogen) atoms. The first kappa shape index (κ1) is 31.0. The number of halogens is 8. The zero-order chi connectivity index (χ0) is 30.8. The topological polar surface area (TPSA) is 101 Å². The van der Waals surface area contributed by atoms with E-state index in [0.29, 0.717) is 30.5 Å². The van der Waals surface area contributed by atoms with Gasteiger partial charge in [-0.3, -0.25) is 9.52 Å². The third kappa shape index (κ3) is 7.78. The summed E-state index contributed by atoms with van der Waals surface area (Å²) in [6.45, 7) is -0.374. The van der Waals surface area contributed by atoms with Crippen molar-refractivity contribution in [1.82, 2.24) is 15.3 Å². The molecule has 0 saturated carbocycles. The van der Waals surface area contributed by atoms with Crippen LogP contribution in [0.5, 0.6) is 0 Å². The van der Waals surface area contributed by atoms with Gasteiger partial charge in [0.1, 0.15) is 11.5 Å². The minimum atomic E-state index is -5.19. The summed E-state index contributed by atoms with van der Waals surface area (Å²) in [4.78, 5) is 18.6. The number of alkyl halides is 6. The van der Waals surface area contributed by atoms with Crippen molar-refractivity contribution in [2.24, 2.45) is 0 Å². The molecule has 1 amide bonds. The number of aromatic nitrogens is 2. The van der Waals surface area contributed by atoms with Crippen LogP contribution < -0.4 is 10.0 Å². The maximum Gasteiger partial charge on any atom is 0.433 e. The van der Waals surface area contributed by atoms with Gasteiger partial charge in [0.05, 0.1) is 34.3 Å². The normalized spacial score (nSPS) is 12.3. The van der Waals surface area contributed by atoms with Crippen molar-refractivity contribution in [3.8, 4) is 23.6 Å². The summed E-state index contributed by atoms with van der Waals surface area (Å²) in [6, 6.07) is 3.56. The second kappa shape index (κ2) is 11.5. The maximum atomic E-state index is 14.5. The largest absolute Gasteiger partial charge is 0.433 e. The molecule has 2 N–H and O–H groups in total. The van der Waals surface area contributed by atoms with E-state index in [2.05, 4.69) is 21.2 Å². The van der Waals surface area contributed by atoms with E-state index in [1.807, 2.05) is 4.72 Å². The van der Waals surface area contributed by atoms with E-state index in [9.17, 15) is 48.3 Å². The number of amides is 1. The van der Waals surface area contributed by atoms with Crippen LogP contribution in [0, 0.1) is 24.1 Å². The highest BCUT2D eigenvalue weighted by molar-refractivity contribution is 7.92. The summed E-state index contributed by atoms with van der Waals surface area (Å²) in [5.74, 6) is -1.65. The lowest BCUT2D eigenvalue weighted by atomic mass is 10.0. The van der Waals surface area contributed by atoms with Crippen LogP contribution in [0.3, 0.4) is 0 Å². The zero-order valence-electron chi connectivity index (χ0n) is 20.5. The molecule has 0 aliphatic heterocycles. The fourth-order valence-electron chi connectivity index (χ4n) is 3.44. The van der Waals surface area contributed by atoms with Gasteiger partial charge in [-0.25, -0.2) is 22.8 Å². The zero-order valence-corrected chi connectivity index (χ0v) is 21.3. The lowest BCUT2D eigenvalue weighted by Crippen LogP contribution is -2.21. The highest BCUT2D eigenvalue weighted by Gasteiger charge is 2.38. The molecule has 0 radical (unpaired) electrons. The molecule has 0 saturated heterocycles. The molecule has 1 aromatic carbocycles. The Morgan fingerprint density at radius 2 is 1.76 bits per heavy atom. The van der Waals surface area contributed by atoms with E-state index < -0.39 is 73.8 Å². The number of carbonyl (C=O) groups is 1. The number of nitrogens with zero attached hydrogens (tertiary/aromatic N) is 2. The molecule has 0 unspecified atom stereocenters. The van der Waals surface area contributed by atoms with Crippen LogP contribution in [-0.4, -0.2) is 30.5 Å². The van der Waals surface area contributed by atoms with Gasteiger partial charge in [0.2, 0.25) is 21.9 Å². The average Bonchev–Trinajstić information content (AvgIpc) is 2.85. The van der Waals surface area contributed by atoms with Crippen LogP contribution in [0.1, 0.15) is 27.9 Å². The van der Waals surface area contributed by atoms with Gasteiger partial charge in [0.15, 0.2) is 0 Å². The summed E-state index contributed by atoms with van der Waals surface area (Å²) in [5, 5.41) is 2.29. The lowest BCUT2D eigenvalue weighted by Gasteiger charge is -2.16. The van der Waals surface area contributed by atoms with E-state index >= 15 is 0 Å². The van der Waals surface area contributed by atoms with Crippen LogP contribution in [0.2, 0.25) is 0 Å². The quantitative estimate of drug-likeness (QED) is 0.168. The molecule has 7 nitrogen and oxygen atoms in total. The lowest BCUT2D eigenvalue weighted by molar-refractivity contribution is -0.141. The van der Waals surface area contributed by atoms with Crippen molar-refractivity contribution in [3.05, 3.63) is 82.3 Å². The standard InChI is InChI=1S/C25H16F8N4O3S/c1-3-14-10-13(11-17(26)21(14)37-41(2,39)40)12-35-19(38)7-5-15-4-6-18(25(31,32)33)36-22(15)20-16(24(28,29)30)8-9-34-23(20)27/h1,4-11,37H,12H2,2H3,(H,35,38). The van der Waals surface area contributed by atoms with E-state index in [1.165, 1.54) is 6.07 Å². The predicted octanol–water partition coefficient (Wildman–Crippen LogP) is 5.14. The Bertz CT molecular complexity index is 1680. The number of benzene rings is 1. The molecule has 0 atom stereocenters. The highest BCUT2D eigenvalue weighted by Crippen LogP contribution is 2.40. The number of pyridine rings is 2. The second-order valence-electron chi connectivity index (χ2n) is 8.22. The smallest absolute Gasteiger partial charge is 0.348 e. The summed E-state index contributed by atoms with van der Waals surface area (Å²) in [5.41, 5.74) is -6.77. The summed E-state index contributed by atoms with van der Waals surface area (Å²) in [6.07, 6.45) is -2.21. The van der Waals surface area contributed by atoms with Crippen LogP contribution >= 0.6 is 0 Å². The van der Waals surface area contributed by atoms with Crippen LogP contribution in [-0.2, 0) is 33.7 Å². The highest BCUT2D eigenvalue weighted by atomic mass is 32.2. The number of sulfonamides is 1. The molecule has 2 heterocycles. The fourth-order valence-corrected chi connectivity index (χ4v) is 4.02. The molecule has 0 fully saturated rings. The Morgan fingerprint density at radius 1 is 1.07 bits per heavy atom. The number of nitrogens with one attached hydrogen (secondary N) is 2. The molecular weight excluding hydrogens is 588 g/mol. The van der Waals surface area contributed by atoms with Gasteiger partial charge < -0.3 is 5.32 Å². The van der Waals surface area contributed by atoms with Gasteiger partial charge in [0.25, 0.3) is 0 Å². The van der Waals surface area contributed by atoms with Crippen molar-refractivity contribution in [2.75, 3.05) is 11.0 Å².